The predicted molar refractivity (Wildman–Crippen MR) is 126 cm³/mol. The third kappa shape index (κ3) is 3.93. The molecule has 1 saturated heterocycles. The Balaban J connectivity index is 1.35. The van der Waals surface area contributed by atoms with E-state index in [2.05, 4.69) is 94.7 Å². The van der Waals surface area contributed by atoms with Crippen LogP contribution in [0.2, 0.25) is 0 Å². The summed E-state index contributed by atoms with van der Waals surface area (Å²) in [6.45, 7) is 5.59. The van der Waals surface area contributed by atoms with Gasteiger partial charge in [-0.15, -0.1) is 11.3 Å². The highest BCUT2D eigenvalue weighted by Gasteiger charge is 2.23. The Morgan fingerprint density at radius 1 is 0.690 bits per heavy atom. The number of anilines is 1. The summed E-state index contributed by atoms with van der Waals surface area (Å²) in [7, 11) is 0. The average Bonchev–Trinajstić information content (AvgIpc) is 3.19. The lowest BCUT2D eigenvalue weighted by atomic mass is 10.1. The van der Waals surface area contributed by atoms with Crippen LogP contribution in [0.4, 0.5) is 5.69 Å². The van der Waals surface area contributed by atoms with Gasteiger partial charge in [0.2, 0.25) is 0 Å². The van der Waals surface area contributed by atoms with E-state index in [0.717, 1.165) is 39.1 Å². The van der Waals surface area contributed by atoms with Crippen LogP contribution in [0.1, 0.15) is 5.56 Å². The number of nitrogens with zero attached hydrogens (tertiary/aromatic N) is 2. The van der Waals surface area contributed by atoms with Crippen LogP contribution in [-0.2, 0) is 6.42 Å². The SMILES string of the molecule is c1ccc(CCN2CCN(c3c(-c4ccccc4)sc4ccccc34)CC2)cc1. The first-order valence-electron chi connectivity index (χ1n) is 10.5. The zero-order chi connectivity index (χ0) is 19.5. The van der Waals surface area contributed by atoms with Gasteiger partial charge in [-0.05, 0) is 23.6 Å². The fourth-order valence-electron chi connectivity index (χ4n) is 4.26. The molecule has 1 fully saturated rings. The predicted octanol–water partition coefficient (Wildman–Crippen LogP) is 5.93. The Morgan fingerprint density at radius 2 is 1.34 bits per heavy atom. The molecule has 2 heterocycles. The second-order valence-corrected chi connectivity index (χ2v) is 8.76. The van der Waals surface area contributed by atoms with Crippen LogP contribution in [0.15, 0.2) is 84.9 Å². The molecule has 3 heteroatoms. The third-order valence-electron chi connectivity index (χ3n) is 5.85. The van der Waals surface area contributed by atoms with E-state index in [-0.39, 0.29) is 0 Å². The molecular weight excluding hydrogens is 372 g/mol. The van der Waals surface area contributed by atoms with Crippen LogP contribution in [0.25, 0.3) is 20.5 Å². The van der Waals surface area contributed by atoms with Crippen molar-refractivity contribution in [3.63, 3.8) is 0 Å². The van der Waals surface area contributed by atoms with Crippen LogP contribution in [0, 0.1) is 0 Å². The van der Waals surface area contributed by atoms with Crippen LogP contribution >= 0.6 is 11.3 Å². The molecule has 0 aliphatic carbocycles. The summed E-state index contributed by atoms with van der Waals surface area (Å²) in [5, 5.41) is 1.40. The van der Waals surface area contributed by atoms with Gasteiger partial charge in [0.05, 0.1) is 10.6 Å². The smallest absolute Gasteiger partial charge is 0.0636 e. The molecule has 2 nitrogen and oxygen atoms in total. The molecular formula is C26H26N2S. The van der Waals surface area contributed by atoms with Gasteiger partial charge in [0.25, 0.3) is 0 Å². The Morgan fingerprint density at radius 3 is 2.10 bits per heavy atom. The van der Waals surface area contributed by atoms with Crippen molar-refractivity contribution in [2.75, 3.05) is 37.6 Å². The van der Waals surface area contributed by atoms with E-state index in [4.69, 9.17) is 0 Å². The van der Waals surface area contributed by atoms with E-state index in [1.807, 2.05) is 11.3 Å². The fourth-order valence-corrected chi connectivity index (χ4v) is 5.49. The van der Waals surface area contributed by atoms with Gasteiger partial charge in [-0.1, -0.05) is 78.9 Å². The molecule has 0 amide bonds. The number of hydrogen-bond acceptors (Lipinski definition) is 3. The number of piperazine rings is 1. The molecule has 0 radical (unpaired) electrons. The Labute approximate surface area is 177 Å². The van der Waals surface area contributed by atoms with Crippen molar-refractivity contribution >= 4 is 27.1 Å². The fraction of sp³-hybridized carbons (Fsp3) is 0.231. The summed E-state index contributed by atoms with van der Waals surface area (Å²) in [6, 6.07) is 30.6. The lowest BCUT2D eigenvalue weighted by Gasteiger charge is -2.36. The molecule has 0 unspecified atom stereocenters. The van der Waals surface area contributed by atoms with E-state index in [0.29, 0.717) is 0 Å². The van der Waals surface area contributed by atoms with E-state index < -0.39 is 0 Å². The third-order valence-corrected chi connectivity index (χ3v) is 7.06. The zero-order valence-corrected chi connectivity index (χ0v) is 17.4. The lowest BCUT2D eigenvalue weighted by molar-refractivity contribution is 0.261. The van der Waals surface area contributed by atoms with Gasteiger partial charge in [0.15, 0.2) is 0 Å². The topological polar surface area (TPSA) is 6.48 Å². The first-order chi connectivity index (χ1) is 14.4. The van der Waals surface area contributed by atoms with Gasteiger partial charge < -0.3 is 4.90 Å². The minimum atomic E-state index is 1.09. The van der Waals surface area contributed by atoms with Gasteiger partial charge in [0, 0.05) is 42.8 Å². The molecule has 1 aliphatic heterocycles. The molecule has 0 spiro atoms. The van der Waals surface area contributed by atoms with E-state index >= 15 is 0 Å². The van der Waals surface area contributed by atoms with Gasteiger partial charge in [-0.3, -0.25) is 4.90 Å². The molecule has 4 aromatic rings. The quantitative estimate of drug-likeness (QED) is 0.411. The molecule has 0 atom stereocenters. The highest BCUT2D eigenvalue weighted by Crippen LogP contribution is 2.44. The number of fused-ring (bicyclic) bond motifs is 1. The second-order valence-electron chi connectivity index (χ2n) is 7.71. The summed E-state index contributed by atoms with van der Waals surface area (Å²) >= 11 is 1.92. The van der Waals surface area contributed by atoms with Crippen molar-refractivity contribution in [1.82, 2.24) is 4.90 Å². The van der Waals surface area contributed by atoms with Crippen molar-refractivity contribution in [3.05, 3.63) is 90.5 Å². The normalized spacial score (nSPS) is 15.1. The molecule has 0 N–H and O–H groups in total. The molecule has 0 saturated carbocycles. The van der Waals surface area contributed by atoms with Crippen LogP contribution < -0.4 is 4.90 Å². The Kier molecular flexibility index (Phi) is 5.33. The molecule has 5 rings (SSSR count). The monoisotopic (exact) mass is 398 g/mol. The molecule has 29 heavy (non-hydrogen) atoms. The van der Waals surface area contributed by atoms with E-state index in [9.17, 15) is 0 Å². The number of thiophene rings is 1. The summed E-state index contributed by atoms with van der Waals surface area (Å²) in [4.78, 5) is 6.63. The van der Waals surface area contributed by atoms with Crippen molar-refractivity contribution in [2.45, 2.75) is 6.42 Å². The minimum absolute atomic E-state index is 1.09. The van der Waals surface area contributed by atoms with Gasteiger partial charge in [0.1, 0.15) is 0 Å². The van der Waals surface area contributed by atoms with Crippen molar-refractivity contribution in [1.29, 1.82) is 0 Å². The number of hydrogen-bond donors (Lipinski definition) is 0. The standard InChI is InChI=1S/C26H26N2S/c1-3-9-21(10-4-1)15-16-27-17-19-28(20-18-27)25-23-13-7-8-14-24(23)29-26(25)22-11-5-2-6-12-22/h1-14H,15-20H2. The maximum absolute atomic E-state index is 2.61. The van der Waals surface area contributed by atoms with Crippen molar-refractivity contribution in [2.24, 2.45) is 0 Å². The molecule has 146 valence electrons. The Hall–Kier alpha value is -2.62. The number of rotatable bonds is 5. The summed E-state index contributed by atoms with van der Waals surface area (Å²) in [5.74, 6) is 0. The van der Waals surface area contributed by atoms with Crippen LogP contribution in [-0.4, -0.2) is 37.6 Å². The minimum Gasteiger partial charge on any atom is -0.367 e. The van der Waals surface area contributed by atoms with Gasteiger partial charge in [-0.2, -0.15) is 0 Å². The summed E-state index contributed by atoms with van der Waals surface area (Å²) in [6.07, 6.45) is 1.14. The van der Waals surface area contributed by atoms with E-state index in [1.165, 1.54) is 31.8 Å². The average molecular weight is 399 g/mol. The van der Waals surface area contributed by atoms with E-state index in [1.54, 1.807) is 0 Å². The molecule has 1 aliphatic rings. The molecule has 0 bridgehead atoms. The first kappa shape index (κ1) is 18.4. The first-order valence-corrected chi connectivity index (χ1v) is 11.3. The van der Waals surface area contributed by atoms with Gasteiger partial charge >= 0.3 is 0 Å². The highest BCUT2D eigenvalue weighted by atomic mass is 32.1. The zero-order valence-electron chi connectivity index (χ0n) is 16.6. The maximum atomic E-state index is 2.61. The van der Waals surface area contributed by atoms with Crippen LogP contribution in [0.3, 0.4) is 0 Å². The summed E-state index contributed by atoms with van der Waals surface area (Å²) < 4.78 is 1.38. The maximum Gasteiger partial charge on any atom is 0.0636 e. The largest absolute Gasteiger partial charge is 0.367 e. The Bertz CT molecular complexity index is 1060. The number of benzene rings is 3. The molecule has 3 aromatic carbocycles. The van der Waals surface area contributed by atoms with Crippen LogP contribution in [0.5, 0.6) is 0 Å². The summed E-state index contributed by atoms with van der Waals surface area (Å²) in [5.41, 5.74) is 4.19. The lowest BCUT2D eigenvalue weighted by Crippen LogP contribution is -2.47. The van der Waals surface area contributed by atoms with Crippen molar-refractivity contribution in [3.8, 4) is 10.4 Å². The molecule has 1 aromatic heterocycles. The van der Waals surface area contributed by atoms with Gasteiger partial charge in [-0.25, -0.2) is 0 Å². The highest BCUT2D eigenvalue weighted by molar-refractivity contribution is 7.23. The van der Waals surface area contributed by atoms with Crippen molar-refractivity contribution < 1.29 is 0 Å². The second kappa shape index (κ2) is 8.40.